The summed E-state index contributed by atoms with van der Waals surface area (Å²) in [6.45, 7) is 9.54. The molecule has 1 saturated heterocycles. The van der Waals surface area contributed by atoms with Gasteiger partial charge in [0.15, 0.2) is 0 Å². The lowest BCUT2D eigenvalue weighted by Crippen LogP contribution is -2.24. The molecule has 1 rings (SSSR count). The van der Waals surface area contributed by atoms with Gasteiger partial charge < -0.3 is 0 Å². The number of hydrogen-bond donors (Lipinski definition) is 0. The molecule has 0 bridgehead atoms. The van der Waals surface area contributed by atoms with E-state index in [-0.39, 0.29) is 0 Å². The molecule has 0 aromatic rings. The van der Waals surface area contributed by atoms with Gasteiger partial charge in [0, 0.05) is 18.2 Å². The fraction of sp³-hybridized carbons (Fsp3) is 1.00. The predicted molar refractivity (Wildman–Crippen MR) is 53.0 cm³/mol. The van der Waals surface area contributed by atoms with E-state index in [4.69, 9.17) is 0 Å². The Labute approximate surface area is 74.5 Å². The van der Waals surface area contributed by atoms with Gasteiger partial charge >= 0.3 is 0 Å². The third kappa shape index (κ3) is 4.02. The topological polar surface area (TPSA) is 3.24 Å². The quantitative estimate of drug-likeness (QED) is 0.631. The van der Waals surface area contributed by atoms with E-state index in [9.17, 15) is 0 Å². The molecule has 1 aliphatic heterocycles. The fourth-order valence-electron chi connectivity index (χ4n) is 1.12. The maximum absolute atomic E-state index is 2.55. The summed E-state index contributed by atoms with van der Waals surface area (Å²) in [5, 5.41) is 0. The summed E-state index contributed by atoms with van der Waals surface area (Å²) in [7, 11) is 0. The second-order valence-corrected chi connectivity index (χ2v) is 5.54. The van der Waals surface area contributed by atoms with E-state index in [1.54, 1.807) is 0 Å². The zero-order valence-electron chi connectivity index (χ0n) is 7.89. The largest absolute Gasteiger partial charge is 0.293 e. The average molecular weight is 173 g/mol. The van der Waals surface area contributed by atoms with Gasteiger partial charge in [-0.05, 0) is 18.4 Å². The monoisotopic (exact) mass is 173 g/mol. The van der Waals surface area contributed by atoms with E-state index < -0.39 is 0 Å². The summed E-state index contributed by atoms with van der Waals surface area (Å²) >= 11 is 2.06. The second-order valence-electron chi connectivity index (χ2n) is 4.47. The normalized spacial score (nSPS) is 21.0. The summed E-state index contributed by atoms with van der Waals surface area (Å²) in [6, 6.07) is 0. The highest BCUT2D eigenvalue weighted by Crippen LogP contribution is 2.21. The molecule has 0 saturated carbocycles. The molecule has 1 fully saturated rings. The van der Waals surface area contributed by atoms with Gasteiger partial charge in [-0.2, -0.15) is 0 Å². The van der Waals surface area contributed by atoms with Crippen LogP contribution in [0.4, 0.5) is 0 Å². The van der Waals surface area contributed by atoms with E-state index in [0.29, 0.717) is 5.41 Å². The Morgan fingerprint density at radius 2 is 2.09 bits per heavy atom. The predicted octanol–water partition coefficient (Wildman–Crippen LogP) is 2.43. The maximum Gasteiger partial charge on any atom is 0.0445 e. The Morgan fingerprint density at radius 1 is 1.36 bits per heavy atom. The van der Waals surface area contributed by atoms with Crippen LogP contribution in [0.2, 0.25) is 0 Å². The van der Waals surface area contributed by atoms with E-state index in [0.717, 1.165) is 0 Å². The summed E-state index contributed by atoms with van der Waals surface area (Å²) in [4.78, 5) is 2.55. The average Bonchev–Trinajstić information content (AvgIpc) is 2.32. The van der Waals surface area contributed by atoms with Crippen LogP contribution in [0.25, 0.3) is 0 Å². The first-order valence-electron chi connectivity index (χ1n) is 4.38. The Bertz CT molecular complexity index is 111. The third-order valence-electron chi connectivity index (χ3n) is 2.00. The number of nitrogens with zero attached hydrogens (tertiary/aromatic N) is 1. The lowest BCUT2D eigenvalue weighted by atomic mass is 9.92. The molecule has 1 aliphatic rings. The van der Waals surface area contributed by atoms with E-state index in [1.165, 1.54) is 31.1 Å². The van der Waals surface area contributed by atoms with E-state index in [2.05, 4.69) is 37.4 Å². The molecule has 0 spiro atoms. The van der Waals surface area contributed by atoms with Crippen molar-refractivity contribution in [3.8, 4) is 0 Å². The molecule has 11 heavy (non-hydrogen) atoms. The van der Waals surface area contributed by atoms with Crippen molar-refractivity contribution in [3.05, 3.63) is 0 Å². The molecule has 2 heteroatoms. The highest BCUT2D eigenvalue weighted by molar-refractivity contribution is 7.99. The van der Waals surface area contributed by atoms with Gasteiger partial charge in [-0.15, -0.1) is 11.8 Å². The van der Waals surface area contributed by atoms with Crippen molar-refractivity contribution in [1.29, 1.82) is 0 Å². The van der Waals surface area contributed by atoms with Crippen LogP contribution in [0.15, 0.2) is 0 Å². The summed E-state index contributed by atoms with van der Waals surface area (Å²) in [6.07, 6.45) is 1.33. The lowest BCUT2D eigenvalue weighted by molar-refractivity contribution is 0.274. The van der Waals surface area contributed by atoms with Crippen LogP contribution in [0.1, 0.15) is 27.2 Å². The number of thioether (sulfide) groups is 1. The number of hydrogen-bond acceptors (Lipinski definition) is 2. The minimum absolute atomic E-state index is 0.507. The molecule has 66 valence electrons. The molecular formula is C9H19NS. The van der Waals surface area contributed by atoms with Crippen LogP contribution in [-0.2, 0) is 0 Å². The van der Waals surface area contributed by atoms with Crippen LogP contribution in [0.5, 0.6) is 0 Å². The summed E-state index contributed by atoms with van der Waals surface area (Å²) in [5.41, 5.74) is 0.507. The molecular weight excluding hydrogens is 154 g/mol. The van der Waals surface area contributed by atoms with Gasteiger partial charge in [0.05, 0.1) is 0 Å². The molecule has 1 heterocycles. The Morgan fingerprint density at radius 3 is 2.55 bits per heavy atom. The SMILES string of the molecule is CC(C)(C)CCN1CCSC1. The molecule has 0 unspecified atom stereocenters. The van der Waals surface area contributed by atoms with Crippen LogP contribution in [0.3, 0.4) is 0 Å². The maximum atomic E-state index is 2.55. The highest BCUT2D eigenvalue weighted by Gasteiger charge is 2.15. The van der Waals surface area contributed by atoms with Crippen molar-refractivity contribution >= 4 is 11.8 Å². The van der Waals surface area contributed by atoms with Gasteiger partial charge in [0.2, 0.25) is 0 Å². The van der Waals surface area contributed by atoms with Gasteiger partial charge in [0.25, 0.3) is 0 Å². The van der Waals surface area contributed by atoms with Gasteiger partial charge in [-0.3, -0.25) is 4.90 Å². The molecule has 0 aromatic heterocycles. The van der Waals surface area contributed by atoms with Gasteiger partial charge in [0.1, 0.15) is 0 Å². The summed E-state index contributed by atoms with van der Waals surface area (Å²) in [5.74, 6) is 2.60. The lowest BCUT2D eigenvalue weighted by Gasteiger charge is -2.22. The fourth-order valence-corrected chi connectivity index (χ4v) is 2.15. The standard InChI is InChI=1S/C9H19NS/c1-9(2,3)4-5-10-6-7-11-8-10/h4-8H2,1-3H3. The molecule has 0 aliphatic carbocycles. The first kappa shape index (κ1) is 9.40. The zero-order chi connectivity index (χ0) is 8.32. The van der Waals surface area contributed by atoms with Crippen molar-refractivity contribution in [2.45, 2.75) is 27.2 Å². The zero-order valence-corrected chi connectivity index (χ0v) is 8.71. The molecule has 0 amide bonds. The molecule has 0 N–H and O–H groups in total. The first-order chi connectivity index (χ1) is 5.08. The van der Waals surface area contributed by atoms with Crippen molar-refractivity contribution in [2.75, 3.05) is 24.7 Å². The highest BCUT2D eigenvalue weighted by atomic mass is 32.2. The van der Waals surface area contributed by atoms with Crippen molar-refractivity contribution < 1.29 is 0 Å². The Balaban J connectivity index is 2.11. The van der Waals surface area contributed by atoms with Gasteiger partial charge in [-0.25, -0.2) is 0 Å². The smallest absolute Gasteiger partial charge is 0.0445 e. The van der Waals surface area contributed by atoms with Crippen LogP contribution < -0.4 is 0 Å². The first-order valence-corrected chi connectivity index (χ1v) is 5.53. The Hall–Kier alpha value is 0.310. The molecule has 1 nitrogen and oxygen atoms in total. The molecule has 0 radical (unpaired) electrons. The summed E-state index contributed by atoms with van der Waals surface area (Å²) < 4.78 is 0. The van der Waals surface area contributed by atoms with E-state index in [1.807, 2.05) is 0 Å². The second kappa shape index (κ2) is 3.81. The minimum atomic E-state index is 0.507. The molecule has 0 aromatic carbocycles. The third-order valence-corrected chi connectivity index (χ3v) is 3.02. The van der Waals surface area contributed by atoms with Crippen LogP contribution in [0, 0.1) is 5.41 Å². The van der Waals surface area contributed by atoms with Crippen LogP contribution in [-0.4, -0.2) is 29.6 Å². The van der Waals surface area contributed by atoms with Crippen LogP contribution >= 0.6 is 11.8 Å². The van der Waals surface area contributed by atoms with Crippen molar-refractivity contribution in [1.82, 2.24) is 4.90 Å². The number of rotatable bonds is 2. The minimum Gasteiger partial charge on any atom is -0.293 e. The van der Waals surface area contributed by atoms with Crippen molar-refractivity contribution in [3.63, 3.8) is 0 Å². The molecule has 0 atom stereocenters. The van der Waals surface area contributed by atoms with Crippen molar-refractivity contribution in [2.24, 2.45) is 5.41 Å². The Kier molecular flexibility index (Phi) is 3.26. The van der Waals surface area contributed by atoms with Gasteiger partial charge in [-0.1, -0.05) is 20.8 Å². The van der Waals surface area contributed by atoms with E-state index >= 15 is 0 Å².